The second kappa shape index (κ2) is 9.36. The van der Waals surface area contributed by atoms with Crippen molar-refractivity contribution in [2.24, 2.45) is 10.7 Å². The molecule has 2 rings (SSSR count). The van der Waals surface area contributed by atoms with E-state index in [0.29, 0.717) is 24.9 Å². The van der Waals surface area contributed by atoms with Crippen molar-refractivity contribution < 1.29 is 9.84 Å². The minimum atomic E-state index is 0. The van der Waals surface area contributed by atoms with Crippen LogP contribution in [-0.2, 0) is 6.54 Å². The van der Waals surface area contributed by atoms with Crippen molar-refractivity contribution >= 4 is 35.6 Å². The number of benzene rings is 2. The van der Waals surface area contributed by atoms with Gasteiger partial charge in [-0.25, -0.2) is 4.99 Å². The maximum atomic E-state index is 9.69. The molecule has 0 spiro atoms. The SMILES string of the molecule is CCOc1cc(CN=C(N)Nc2cc(C)cc(C)c2)ccc1O.I. The molecule has 0 amide bonds. The first-order valence-electron chi connectivity index (χ1n) is 7.58. The Kier molecular flexibility index (Phi) is 7.84. The average Bonchev–Trinajstić information content (AvgIpc) is 2.47. The Bertz CT molecular complexity index is 697. The summed E-state index contributed by atoms with van der Waals surface area (Å²) in [5.41, 5.74) is 10.1. The van der Waals surface area contributed by atoms with Crippen molar-refractivity contribution in [1.82, 2.24) is 0 Å². The first kappa shape index (κ1) is 20.1. The molecule has 0 unspecified atom stereocenters. The van der Waals surface area contributed by atoms with E-state index in [1.165, 1.54) is 11.1 Å². The van der Waals surface area contributed by atoms with Crippen molar-refractivity contribution in [2.75, 3.05) is 11.9 Å². The van der Waals surface area contributed by atoms with Crippen LogP contribution in [0.2, 0.25) is 0 Å². The second-order valence-corrected chi connectivity index (χ2v) is 5.44. The lowest BCUT2D eigenvalue weighted by atomic mass is 10.1. The highest BCUT2D eigenvalue weighted by atomic mass is 127. The molecule has 0 fully saturated rings. The van der Waals surface area contributed by atoms with Gasteiger partial charge in [0.25, 0.3) is 0 Å². The number of aromatic hydroxyl groups is 1. The summed E-state index contributed by atoms with van der Waals surface area (Å²) in [5, 5.41) is 12.8. The number of ether oxygens (including phenoxy) is 1. The third-order valence-electron chi connectivity index (χ3n) is 3.25. The average molecular weight is 441 g/mol. The number of aliphatic imine (C=N–C) groups is 1. The third-order valence-corrected chi connectivity index (χ3v) is 3.25. The second-order valence-electron chi connectivity index (χ2n) is 5.44. The zero-order valence-corrected chi connectivity index (χ0v) is 16.5. The molecule has 0 saturated heterocycles. The van der Waals surface area contributed by atoms with Crippen molar-refractivity contribution in [3.05, 3.63) is 53.1 Å². The lowest BCUT2D eigenvalue weighted by molar-refractivity contribution is 0.318. The number of guanidine groups is 1. The number of aryl methyl sites for hydroxylation is 2. The van der Waals surface area contributed by atoms with Gasteiger partial charge in [-0.2, -0.15) is 0 Å². The molecular formula is C18H24IN3O2. The molecular weight excluding hydrogens is 417 g/mol. The molecule has 0 radical (unpaired) electrons. The van der Waals surface area contributed by atoms with Crippen LogP contribution in [0.1, 0.15) is 23.6 Å². The molecule has 0 aliphatic carbocycles. The molecule has 130 valence electrons. The maximum absolute atomic E-state index is 9.69. The van der Waals surface area contributed by atoms with Crippen LogP contribution in [0.15, 0.2) is 41.4 Å². The Morgan fingerprint density at radius 3 is 2.46 bits per heavy atom. The number of hydrogen-bond donors (Lipinski definition) is 3. The standard InChI is InChI=1S/C18H23N3O2.HI/c1-4-23-17-10-14(5-6-16(17)22)11-20-18(19)21-15-8-12(2)7-13(3)9-15;/h5-10,22H,4,11H2,1-3H3,(H3,19,20,21);1H. The topological polar surface area (TPSA) is 79.9 Å². The normalized spacial score (nSPS) is 10.9. The molecule has 5 nitrogen and oxygen atoms in total. The van der Waals surface area contributed by atoms with Crippen LogP contribution in [0, 0.1) is 13.8 Å². The number of anilines is 1. The van der Waals surface area contributed by atoms with Gasteiger partial charge in [-0.3, -0.25) is 0 Å². The van der Waals surface area contributed by atoms with Crippen LogP contribution in [0.25, 0.3) is 0 Å². The fourth-order valence-corrected chi connectivity index (χ4v) is 2.34. The van der Waals surface area contributed by atoms with Crippen LogP contribution in [0.3, 0.4) is 0 Å². The van der Waals surface area contributed by atoms with E-state index in [4.69, 9.17) is 10.5 Å². The number of phenolic OH excluding ortho intramolecular Hbond substituents is 1. The van der Waals surface area contributed by atoms with Crippen LogP contribution in [0.5, 0.6) is 11.5 Å². The highest BCUT2D eigenvalue weighted by Crippen LogP contribution is 2.27. The van der Waals surface area contributed by atoms with Gasteiger partial charge in [-0.15, -0.1) is 24.0 Å². The number of halogens is 1. The van der Waals surface area contributed by atoms with E-state index in [1.807, 2.05) is 32.9 Å². The Morgan fingerprint density at radius 2 is 1.83 bits per heavy atom. The summed E-state index contributed by atoms with van der Waals surface area (Å²) in [6.07, 6.45) is 0. The van der Waals surface area contributed by atoms with Crippen molar-refractivity contribution in [3.8, 4) is 11.5 Å². The summed E-state index contributed by atoms with van der Waals surface area (Å²) < 4.78 is 5.36. The fourth-order valence-electron chi connectivity index (χ4n) is 2.34. The summed E-state index contributed by atoms with van der Waals surface area (Å²) in [6.45, 7) is 6.85. The van der Waals surface area contributed by atoms with Crippen LogP contribution >= 0.6 is 24.0 Å². The van der Waals surface area contributed by atoms with Crippen LogP contribution in [-0.4, -0.2) is 17.7 Å². The molecule has 6 heteroatoms. The Hall–Kier alpha value is -1.96. The highest BCUT2D eigenvalue weighted by molar-refractivity contribution is 14.0. The van der Waals surface area contributed by atoms with E-state index in [-0.39, 0.29) is 29.7 Å². The zero-order chi connectivity index (χ0) is 16.8. The number of nitrogens with zero attached hydrogens (tertiary/aromatic N) is 1. The lowest BCUT2D eigenvalue weighted by Gasteiger charge is -2.09. The Labute approximate surface area is 160 Å². The summed E-state index contributed by atoms with van der Waals surface area (Å²) in [6, 6.07) is 11.3. The summed E-state index contributed by atoms with van der Waals surface area (Å²) in [5.74, 6) is 0.933. The van der Waals surface area contributed by atoms with Gasteiger partial charge in [0.2, 0.25) is 0 Å². The molecule has 2 aromatic carbocycles. The lowest BCUT2D eigenvalue weighted by Crippen LogP contribution is -2.22. The smallest absolute Gasteiger partial charge is 0.193 e. The molecule has 0 aliphatic rings. The molecule has 0 bridgehead atoms. The first-order valence-corrected chi connectivity index (χ1v) is 7.58. The fraction of sp³-hybridized carbons (Fsp3) is 0.278. The molecule has 0 saturated carbocycles. The van der Waals surface area contributed by atoms with E-state index in [2.05, 4.69) is 16.4 Å². The monoisotopic (exact) mass is 441 g/mol. The van der Waals surface area contributed by atoms with Crippen LogP contribution < -0.4 is 15.8 Å². The van der Waals surface area contributed by atoms with Gasteiger partial charge in [0.15, 0.2) is 17.5 Å². The number of hydrogen-bond acceptors (Lipinski definition) is 3. The van der Waals surface area contributed by atoms with Crippen LogP contribution in [0.4, 0.5) is 5.69 Å². The molecule has 0 atom stereocenters. The maximum Gasteiger partial charge on any atom is 0.193 e. The first-order chi connectivity index (χ1) is 11.0. The van der Waals surface area contributed by atoms with E-state index in [0.717, 1.165) is 11.3 Å². The van der Waals surface area contributed by atoms with Gasteiger partial charge in [0.05, 0.1) is 13.2 Å². The predicted molar refractivity (Wildman–Crippen MR) is 110 cm³/mol. The van der Waals surface area contributed by atoms with E-state index in [1.54, 1.807) is 18.2 Å². The van der Waals surface area contributed by atoms with E-state index < -0.39 is 0 Å². The van der Waals surface area contributed by atoms with E-state index in [9.17, 15) is 5.11 Å². The van der Waals surface area contributed by atoms with E-state index >= 15 is 0 Å². The minimum Gasteiger partial charge on any atom is -0.504 e. The molecule has 2 aromatic rings. The van der Waals surface area contributed by atoms with Gasteiger partial charge in [-0.05, 0) is 61.7 Å². The Morgan fingerprint density at radius 1 is 1.17 bits per heavy atom. The summed E-state index contributed by atoms with van der Waals surface area (Å²) in [7, 11) is 0. The predicted octanol–water partition coefficient (Wildman–Crippen LogP) is 3.95. The number of nitrogens with one attached hydrogen (secondary N) is 1. The minimum absolute atomic E-state index is 0. The molecule has 0 heterocycles. The summed E-state index contributed by atoms with van der Waals surface area (Å²) in [4.78, 5) is 4.33. The quantitative estimate of drug-likeness (QED) is 0.373. The Balaban J connectivity index is 0.00000288. The zero-order valence-electron chi connectivity index (χ0n) is 14.2. The highest BCUT2D eigenvalue weighted by Gasteiger charge is 2.03. The largest absolute Gasteiger partial charge is 0.504 e. The third kappa shape index (κ3) is 5.92. The van der Waals surface area contributed by atoms with Crippen molar-refractivity contribution in [1.29, 1.82) is 0 Å². The van der Waals surface area contributed by atoms with Crippen molar-refractivity contribution in [2.45, 2.75) is 27.3 Å². The van der Waals surface area contributed by atoms with Gasteiger partial charge >= 0.3 is 0 Å². The van der Waals surface area contributed by atoms with Gasteiger partial charge < -0.3 is 20.9 Å². The number of nitrogens with two attached hydrogens (primary N) is 1. The molecule has 0 aliphatic heterocycles. The number of phenols is 1. The van der Waals surface area contributed by atoms with Gasteiger partial charge in [0.1, 0.15) is 0 Å². The van der Waals surface area contributed by atoms with Gasteiger partial charge in [0, 0.05) is 5.69 Å². The summed E-state index contributed by atoms with van der Waals surface area (Å²) >= 11 is 0. The molecule has 4 N–H and O–H groups in total. The molecule has 0 aromatic heterocycles. The van der Waals surface area contributed by atoms with Crippen molar-refractivity contribution in [3.63, 3.8) is 0 Å². The molecule has 24 heavy (non-hydrogen) atoms. The van der Waals surface area contributed by atoms with Gasteiger partial charge in [-0.1, -0.05) is 12.1 Å². The number of rotatable bonds is 5.